The minimum absolute atomic E-state index is 0.153. The molecule has 0 aliphatic carbocycles. The van der Waals surface area contributed by atoms with Crippen molar-refractivity contribution in [2.24, 2.45) is 0 Å². The predicted octanol–water partition coefficient (Wildman–Crippen LogP) is 2.16. The summed E-state index contributed by atoms with van der Waals surface area (Å²) in [6.45, 7) is 0. The van der Waals surface area contributed by atoms with Gasteiger partial charge in [-0.05, 0) is 27.5 Å². The zero-order chi connectivity index (χ0) is 10.6. The smallest absolute Gasteiger partial charge is 0.316 e. The van der Waals surface area contributed by atoms with Crippen LogP contribution in [0.15, 0.2) is 15.7 Å². The van der Waals surface area contributed by atoms with E-state index in [9.17, 15) is 4.79 Å². The maximum atomic E-state index is 10.8. The SMILES string of the molecule is COC(=O)CSc1nc(Cl)ncc1Br. The van der Waals surface area contributed by atoms with Gasteiger partial charge in [0.1, 0.15) is 5.03 Å². The fraction of sp³-hybridized carbons (Fsp3) is 0.286. The van der Waals surface area contributed by atoms with Crippen molar-refractivity contribution in [3.8, 4) is 0 Å². The van der Waals surface area contributed by atoms with Crippen LogP contribution in [0.5, 0.6) is 0 Å². The van der Waals surface area contributed by atoms with Gasteiger partial charge in [-0.2, -0.15) is 0 Å². The van der Waals surface area contributed by atoms with E-state index in [1.807, 2.05) is 0 Å². The summed E-state index contributed by atoms with van der Waals surface area (Å²) < 4.78 is 5.20. The fourth-order valence-corrected chi connectivity index (χ4v) is 2.05. The number of aromatic nitrogens is 2. The molecular weight excluding hydrogens is 292 g/mol. The molecular formula is C7H6BrClN2O2S. The van der Waals surface area contributed by atoms with Gasteiger partial charge in [0.25, 0.3) is 0 Å². The van der Waals surface area contributed by atoms with Crippen LogP contribution in [0.1, 0.15) is 0 Å². The van der Waals surface area contributed by atoms with E-state index in [0.29, 0.717) is 9.50 Å². The van der Waals surface area contributed by atoms with Crippen LogP contribution in [-0.4, -0.2) is 28.8 Å². The number of methoxy groups -OCH3 is 1. The number of nitrogens with zero attached hydrogens (tertiary/aromatic N) is 2. The van der Waals surface area contributed by atoms with E-state index >= 15 is 0 Å². The summed E-state index contributed by atoms with van der Waals surface area (Å²) in [6.07, 6.45) is 1.54. The summed E-state index contributed by atoms with van der Waals surface area (Å²) in [7, 11) is 1.34. The minimum atomic E-state index is -0.309. The van der Waals surface area contributed by atoms with Crippen LogP contribution in [-0.2, 0) is 9.53 Å². The first-order valence-electron chi connectivity index (χ1n) is 3.51. The largest absolute Gasteiger partial charge is 0.468 e. The average molecular weight is 298 g/mol. The Labute approximate surface area is 98.5 Å². The lowest BCUT2D eigenvalue weighted by molar-refractivity contribution is -0.137. The van der Waals surface area contributed by atoms with E-state index in [2.05, 4.69) is 30.6 Å². The number of hydrogen-bond acceptors (Lipinski definition) is 5. The van der Waals surface area contributed by atoms with Crippen molar-refractivity contribution in [3.05, 3.63) is 16.0 Å². The summed E-state index contributed by atoms with van der Waals surface area (Å²) in [6, 6.07) is 0. The molecule has 0 saturated heterocycles. The first kappa shape index (κ1) is 11.7. The van der Waals surface area contributed by atoms with Crippen molar-refractivity contribution in [1.82, 2.24) is 9.97 Å². The number of thioether (sulfide) groups is 1. The lowest BCUT2D eigenvalue weighted by atomic mass is 10.7. The highest BCUT2D eigenvalue weighted by molar-refractivity contribution is 9.10. The van der Waals surface area contributed by atoms with Gasteiger partial charge in [0, 0.05) is 6.20 Å². The van der Waals surface area contributed by atoms with Crippen molar-refractivity contribution in [2.75, 3.05) is 12.9 Å². The van der Waals surface area contributed by atoms with Crippen molar-refractivity contribution >= 4 is 45.3 Å². The predicted molar refractivity (Wildman–Crippen MR) is 57.5 cm³/mol. The first-order valence-corrected chi connectivity index (χ1v) is 5.67. The Morgan fingerprint density at radius 2 is 2.50 bits per heavy atom. The lowest BCUT2D eigenvalue weighted by Gasteiger charge is -2.01. The van der Waals surface area contributed by atoms with E-state index in [0.717, 1.165) is 0 Å². The molecule has 4 nitrogen and oxygen atoms in total. The topological polar surface area (TPSA) is 52.1 Å². The molecule has 0 N–H and O–H groups in total. The summed E-state index contributed by atoms with van der Waals surface area (Å²) in [4.78, 5) is 18.6. The Morgan fingerprint density at radius 3 is 3.14 bits per heavy atom. The molecule has 1 rings (SSSR count). The lowest BCUT2D eigenvalue weighted by Crippen LogP contribution is -2.03. The second-order valence-corrected chi connectivity index (χ2v) is 4.31. The molecule has 0 saturated carbocycles. The van der Waals surface area contributed by atoms with Gasteiger partial charge in [0.05, 0.1) is 17.3 Å². The average Bonchev–Trinajstić information content (AvgIpc) is 2.19. The second-order valence-electron chi connectivity index (χ2n) is 2.16. The third-order valence-corrected chi connectivity index (χ3v) is 3.23. The quantitative estimate of drug-likeness (QED) is 0.370. The molecule has 7 heteroatoms. The van der Waals surface area contributed by atoms with E-state index < -0.39 is 0 Å². The molecule has 0 fully saturated rings. The Morgan fingerprint density at radius 1 is 1.79 bits per heavy atom. The maximum Gasteiger partial charge on any atom is 0.316 e. The zero-order valence-corrected chi connectivity index (χ0v) is 10.3. The highest BCUT2D eigenvalue weighted by Gasteiger charge is 2.07. The molecule has 1 aromatic heterocycles. The van der Waals surface area contributed by atoms with Crippen molar-refractivity contribution in [1.29, 1.82) is 0 Å². The Hall–Kier alpha value is -0.330. The van der Waals surface area contributed by atoms with Crippen molar-refractivity contribution < 1.29 is 9.53 Å². The molecule has 0 aliphatic heterocycles. The summed E-state index contributed by atoms with van der Waals surface area (Å²) in [5.74, 6) is -0.112. The second kappa shape index (κ2) is 5.53. The number of esters is 1. The van der Waals surface area contributed by atoms with E-state index in [1.165, 1.54) is 25.1 Å². The molecule has 1 heterocycles. The molecule has 0 spiro atoms. The van der Waals surface area contributed by atoms with Crippen LogP contribution >= 0.6 is 39.3 Å². The highest BCUT2D eigenvalue weighted by Crippen LogP contribution is 2.25. The molecule has 0 radical (unpaired) electrons. The molecule has 0 aliphatic rings. The number of carbonyl (C=O) groups is 1. The Kier molecular flexibility index (Phi) is 4.64. The van der Waals surface area contributed by atoms with Gasteiger partial charge in [-0.1, -0.05) is 11.8 Å². The molecule has 0 amide bonds. The van der Waals surface area contributed by atoms with Gasteiger partial charge in [0.2, 0.25) is 5.28 Å². The van der Waals surface area contributed by atoms with Gasteiger partial charge >= 0.3 is 5.97 Å². The minimum Gasteiger partial charge on any atom is -0.468 e. The third-order valence-electron chi connectivity index (χ3n) is 1.24. The van der Waals surface area contributed by atoms with Gasteiger partial charge in [-0.25, -0.2) is 9.97 Å². The molecule has 1 aromatic rings. The fourth-order valence-electron chi connectivity index (χ4n) is 0.619. The van der Waals surface area contributed by atoms with Crippen molar-refractivity contribution in [2.45, 2.75) is 5.03 Å². The van der Waals surface area contributed by atoms with E-state index in [4.69, 9.17) is 11.6 Å². The van der Waals surface area contributed by atoms with Crippen LogP contribution in [0.3, 0.4) is 0 Å². The molecule has 0 aromatic carbocycles. The summed E-state index contributed by atoms with van der Waals surface area (Å²) in [5, 5.41) is 0.774. The number of carbonyl (C=O) groups excluding carboxylic acids is 1. The number of hydrogen-bond donors (Lipinski definition) is 0. The maximum absolute atomic E-state index is 10.8. The number of halogens is 2. The zero-order valence-electron chi connectivity index (χ0n) is 7.16. The monoisotopic (exact) mass is 296 g/mol. The summed E-state index contributed by atoms with van der Waals surface area (Å²) in [5.41, 5.74) is 0. The first-order chi connectivity index (χ1) is 6.63. The Bertz CT molecular complexity index is 350. The molecule has 0 bridgehead atoms. The normalized spacial score (nSPS) is 9.93. The van der Waals surface area contributed by atoms with E-state index in [-0.39, 0.29) is 17.0 Å². The van der Waals surface area contributed by atoms with Crippen LogP contribution in [0.25, 0.3) is 0 Å². The number of rotatable bonds is 3. The Balaban J connectivity index is 2.66. The molecule has 0 atom stereocenters. The summed E-state index contributed by atoms with van der Waals surface area (Å²) >= 11 is 10.1. The number of ether oxygens (including phenoxy) is 1. The van der Waals surface area contributed by atoms with Crippen LogP contribution in [0.2, 0.25) is 5.28 Å². The van der Waals surface area contributed by atoms with Crippen molar-refractivity contribution in [3.63, 3.8) is 0 Å². The van der Waals surface area contributed by atoms with Gasteiger partial charge in [-0.3, -0.25) is 4.79 Å². The van der Waals surface area contributed by atoms with Crippen LogP contribution in [0, 0.1) is 0 Å². The van der Waals surface area contributed by atoms with Crippen LogP contribution < -0.4 is 0 Å². The molecule has 14 heavy (non-hydrogen) atoms. The van der Waals surface area contributed by atoms with E-state index in [1.54, 1.807) is 0 Å². The van der Waals surface area contributed by atoms with Gasteiger partial charge < -0.3 is 4.74 Å². The van der Waals surface area contributed by atoms with Crippen LogP contribution in [0.4, 0.5) is 0 Å². The standard InChI is InChI=1S/C7H6BrClN2O2S/c1-13-5(12)3-14-6-4(8)2-10-7(9)11-6/h2H,3H2,1H3. The molecule has 76 valence electrons. The molecule has 0 unspecified atom stereocenters. The highest BCUT2D eigenvalue weighted by atomic mass is 79.9. The van der Waals surface area contributed by atoms with Gasteiger partial charge in [-0.15, -0.1) is 0 Å². The van der Waals surface area contributed by atoms with Gasteiger partial charge in [0.15, 0.2) is 0 Å². The third kappa shape index (κ3) is 3.43.